The fourth-order valence-electron chi connectivity index (χ4n) is 1.65. The summed E-state index contributed by atoms with van der Waals surface area (Å²) in [5.74, 6) is 0.875. The molecule has 0 amide bonds. The molecular formula is C9H20ClN. The van der Waals surface area contributed by atoms with Crippen molar-refractivity contribution in [3.05, 3.63) is 0 Å². The van der Waals surface area contributed by atoms with E-state index in [9.17, 15) is 0 Å². The molecule has 2 atom stereocenters. The maximum atomic E-state index is 3.57. The molecule has 1 aliphatic rings. The van der Waals surface area contributed by atoms with Gasteiger partial charge >= 0.3 is 0 Å². The highest BCUT2D eigenvalue weighted by Crippen LogP contribution is 2.16. The first-order chi connectivity index (χ1) is 4.84. The van der Waals surface area contributed by atoms with Crippen LogP contribution >= 0.6 is 12.4 Å². The van der Waals surface area contributed by atoms with Crippen LogP contribution in [0.4, 0.5) is 0 Å². The van der Waals surface area contributed by atoms with Crippen molar-refractivity contribution in [3.8, 4) is 0 Å². The van der Waals surface area contributed by atoms with Gasteiger partial charge in [0.15, 0.2) is 0 Å². The second-order valence-corrected chi connectivity index (χ2v) is 3.44. The van der Waals surface area contributed by atoms with Crippen molar-refractivity contribution in [1.29, 1.82) is 0 Å². The van der Waals surface area contributed by atoms with Crippen molar-refractivity contribution in [3.63, 3.8) is 0 Å². The maximum absolute atomic E-state index is 3.57. The summed E-state index contributed by atoms with van der Waals surface area (Å²) in [6.07, 6.45) is 5.53. The molecule has 1 N–H and O–H groups in total. The Morgan fingerprint density at radius 2 is 2.18 bits per heavy atom. The molecule has 1 nitrogen and oxygen atoms in total. The molecule has 1 rings (SSSR count). The molecule has 0 bridgehead atoms. The van der Waals surface area contributed by atoms with E-state index in [1.807, 2.05) is 0 Å². The van der Waals surface area contributed by atoms with Gasteiger partial charge in [0.2, 0.25) is 0 Å². The minimum atomic E-state index is 0. The quantitative estimate of drug-likeness (QED) is 0.684. The SMILES string of the molecule is CC[C@H](C)[C@@H]1CCCCN1.Cl. The second-order valence-electron chi connectivity index (χ2n) is 3.44. The van der Waals surface area contributed by atoms with Crippen molar-refractivity contribution in [1.82, 2.24) is 5.32 Å². The fourth-order valence-corrected chi connectivity index (χ4v) is 1.65. The van der Waals surface area contributed by atoms with Crippen LogP contribution in [0.15, 0.2) is 0 Å². The zero-order valence-electron chi connectivity index (χ0n) is 7.60. The molecule has 0 radical (unpaired) electrons. The van der Waals surface area contributed by atoms with Crippen molar-refractivity contribution in [2.75, 3.05) is 6.54 Å². The molecule has 2 heteroatoms. The van der Waals surface area contributed by atoms with E-state index in [1.54, 1.807) is 0 Å². The van der Waals surface area contributed by atoms with Gasteiger partial charge in [-0.05, 0) is 25.3 Å². The Bertz CT molecular complexity index is 89.6. The fraction of sp³-hybridized carbons (Fsp3) is 1.00. The van der Waals surface area contributed by atoms with Gasteiger partial charge in [-0.1, -0.05) is 26.7 Å². The molecule has 0 aliphatic carbocycles. The number of rotatable bonds is 2. The van der Waals surface area contributed by atoms with E-state index < -0.39 is 0 Å². The Labute approximate surface area is 76.4 Å². The molecule has 0 saturated carbocycles. The van der Waals surface area contributed by atoms with Crippen LogP contribution in [-0.4, -0.2) is 12.6 Å². The molecule has 11 heavy (non-hydrogen) atoms. The normalized spacial score (nSPS) is 27.3. The lowest BCUT2D eigenvalue weighted by atomic mass is 9.92. The second kappa shape index (κ2) is 5.84. The average Bonchev–Trinajstić information content (AvgIpc) is 2.05. The Hall–Kier alpha value is 0.250. The highest BCUT2D eigenvalue weighted by molar-refractivity contribution is 5.85. The van der Waals surface area contributed by atoms with Crippen LogP contribution in [0.2, 0.25) is 0 Å². The third-order valence-electron chi connectivity index (χ3n) is 2.68. The first kappa shape index (κ1) is 11.2. The van der Waals surface area contributed by atoms with Crippen LogP contribution in [0.25, 0.3) is 0 Å². The third-order valence-corrected chi connectivity index (χ3v) is 2.68. The highest BCUT2D eigenvalue weighted by Gasteiger charge is 2.16. The average molecular weight is 178 g/mol. The predicted molar refractivity (Wildman–Crippen MR) is 52.3 cm³/mol. The Balaban J connectivity index is 0.000001000. The van der Waals surface area contributed by atoms with Crippen LogP contribution in [0, 0.1) is 5.92 Å². The summed E-state index contributed by atoms with van der Waals surface area (Å²) in [7, 11) is 0. The molecule has 1 heterocycles. The summed E-state index contributed by atoms with van der Waals surface area (Å²) in [6.45, 7) is 5.87. The van der Waals surface area contributed by atoms with E-state index in [1.165, 1.54) is 32.2 Å². The van der Waals surface area contributed by atoms with Gasteiger partial charge in [-0.2, -0.15) is 0 Å². The van der Waals surface area contributed by atoms with Gasteiger partial charge in [0.25, 0.3) is 0 Å². The lowest BCUT2D eigenvalue weighted by Gasteiger charge is -2.28. The summed E-state index contributed by atoms with van der Waals surface area (Å²) >= 11 is 0. The Kier molecular flexibility index (Phi) is 5.98. The van der Waals surface area contributed by atoms with E-state index in [-0.39, 0.29) is 12.4 Å². The lowest BCUT2D eigenvalue weighted by molar-refractivity contribution is 0.304. The van der Waals surface area contributed by atoms with Crippen LogP contribution < -0.4 is 5.32 Å². The number of piperidine rings is 1. The van der Waals surface area contributed by atoms with E-state index in [0.29, 0.717) is 0 Å². The maximum Gasteiger partial charge on any atom is 0.00925 e. The minimum Gasteiger partial charge on any atom is -0.314 e. The van der Waals surface area contributed by atoms with E-state index in [4.69, 9.17) is 0 Å². The van der Waals surface area contributed by atoms with Gasteiger partial charge in [-0.3, -0.25) is 0 Å². The molecule has 0 aromatic carbocycles. The lowest BCUT2D eigenvalue weighted by Crippen LogP contribution is -2.38. The van der Waals surface area contributed by atoms with Crippen LogP contribution in [-0.2, 0) is 0 Å². The monoisotopic (exact) mass is 177 g/mol. The molecule has 1 fully saturated rings. The largest absolute Gasteiger partial charge is 0.314 e. The predicted octanol–water partition coefficient (Wildman–Crippen LogP) is 2.60. The minimum absolute atomic E-state index is 0. The summed E-state index contributed by atoms with van der Waals surface area (Å²) in [4.78, 5) is 0. The summed E-state index contributed by atoms with van der Waals surface area (Å²) in [6, 6.07) is 0.818. The molecule has 0 spiro atoms. The molecule has 0 aromatic heterocycles. The zero-order chi connectivity index (χ0) is 7.40. The Morgan fingerprint density at radius 1 is 1.45 bits per heavy atom. The zero-order valence-corrected chi connectivity index (χ0v) is 8.41. The first-order valence-electron chi connectivity index (χ1n) is 4.58. The molecule has 0 unspecified atom stereocenters. The number of nitrogens with one attached hydrogen (secondary N) is 1. The molecule has 0 aromatic rings. The topological polar surface area (TPSA) is 12.0 Å². The summed E-state index contributed by atoms with van der Waals surface area (Å²) < 4.78 is 0. The number of halogens is 1. The third kappa shape index (κ3) is 3.44. The van der Waals surface area contributed by atoms with Crippen molar-refractivity contribution in [2.45, 2.75) is 45.6 Å². The summed E-state index contributed by atoms with van der Waals surface area (Å²) in [5.41, 5.74) is 0. The summed E-state index contributed by atoms with van der Waals surface area (Å²) in [5, 5.41) is 3.57. The smallest absolute Gasteiger partial charge is 0.00925 e. The van der Waals surface area contributed by atoms with Crippen molar-refractivity contribution in [2.24, 2.45) is 5.92 Å². The highest BCUT2D eigenvalue weighted by atomic mass is 35.5. The van der Waals surface area contributed by atoms with E-state index in [0.717, 1.165) is 12.0 Å². The van der Waals surface area contributed by atoms with Crippen molar-refractivity contribution < 1.29 is 0 Å². The van der Waals surface area contributed by atoms with Crippen molar-refractivity contribution >= 4 is 12.4 Å². The molecule has 68 valence electrons. The molecular weight excluding hydrogens is 158 g/mol. The van der Waals surface area contributed by atoms with Crippen LogP contribution in [0.5, 0.6) is 0 Å². The first-order valence-corrected chi connectivity index (χ1v) is 4.58. The Morgan fingerprint density at radius 3 is 2.64 bits per heavy atom. The van der Waals surface area contributed by atoms with Gasteiger partial charge in [-0.25, -0.2) is 0 Å². The van der Waals surface area contributed by atoms with E-state index >= 15 is 0 Å². The van der Waals surface area contributed by atoms with Crippen LogP contribution in [0.1, 0.15) is 39.5 Å². The van der Waals surface area contributed by atoms with Gasteiger partial charge in [-0.15, -0.1) is 12.4 Å². The van der Waals surface area contributed by atoms with Gasteiger partial charge in [0.1, 0.15) is 0 Å². The molecule has 1 aliphatic heterocycles. The number of hydrogen-bond acceptors (Lipinski definition) is 1. The number of hydrogen-bond donors (Lipinski definition) is 1. The van der Waals surface area contributed by atoms with Crippen LogP contribution in [0.3, 0.4) is 0 Å². The molecule has 1 saturated heterocycles. The van der Waals surface area contributed by atoms with E-state index in [2.05, 4.69) is 19.2 Å². The van der Waals surface area contributed by atoms with Gasteiger partial charge in [0.05, 0.1) is 0 Å². The van der Waals surface area contributed by atoms with Gasteiger partial charge in [0, 0.05) is 6.04 Å². The standard InChI is InChI=1S/C9H19N.ClH/c1-3-8(2)9-6-4-5-7-10-9;/h8-10H,3-7H2,1-2H3;1H/t8-,9-;/m0./s1. The van der Waals surface area contributed by atoms with Gasteiger partial charge < -0.3 is 5.32 Å².